The topological polar surface area (TPSA) is 0 Å². The Morgan fingerprint density at radius 3 is 1.33 bits per heavy atom. The number of benzene rings is 3. The van der Waals surface area contributed by atoms with Gasteiger partial charge >= 0.3 is 0 Å². The summed E-state index contributed by atoms with van der Waals surface area (Å²) >= 11 is 0. The van der Waals surface area contributed by atoms with Crippen molar-refractivity contribution < 1.29 is 0 Å². The highest BCUT2D eigenvalue weighted by Gasteiger charge is 1.97. The predicted molar refractivity (Wildman–Crippen MR) is 72.8 cm³/mol. The molecule has 3 aromatic carbocycles. The number of rotatable bonds is 0. The van der Waals surface area contributed by atoms with Crippen LogP contribution in [0.25, 0.3) is 21.5 Å². The fourth-order valence-electron chi connectivity index (χ4n) is 1.95. The van der Waals surface area contributed by atoms with Gasteiger partial charge < -0.3 is 0 Å². The molecule has 0 saturated carbocycles. The van der Waals surface area contributed by atoms with Crippen molar-refractivity contribution in [2.24, 2.45) is 0 Å². The maximum Gasteiger partial charge on any atom is -0.0105 e. The lowest BCUT2D eigenvalue weighted by molar-refractivity contribution is 1.76. The van der Waals surface area contributed by atoms with Gasteiger partial charge in [0.2, 0.25) is 0 Å². The van der Waals surface area contributed by atoms with Crippen molar-refractivity contribution in [2.45, 2.75) is 0 Å². The molecule has 0 aliphatic rings. The molecule has 0 saturated heterocycles. The van der Waals surface area contributed by atoms with E-state index in [1.807, 2.05) is 0 Å². The number of hydrogen-bond acceptors (Lipinski definition) is 0. The second kappa shape index (κ2) is 3.87. The van der Waals surface area contributed by atoms with Gasteiger partial charge in [-0.25, -0.2) is 0 Å². The average molecular weight is 210 g/mol. The van der Waals surface area contributed by atoms with E-state index in [-0.39, 0.29) is 11.0 Å². The van der Waals surface area contributed by atoms with Gasteiger partial charge in [0.15, 0.2) is 0 Å². The van der Waals surface area contributed by atoms with Crippen LogP contribution in [0.2, 0.25) is 0 Å². The third-order valence-corrected chi connectivity index (χ3v) is 2.65. The van der Waals surface area contributed by atoms with Crippen LogP contribution in [0, 0.1) is 0 Å². The van der Waals surface area contributed by atoms with Crippen molar-refractivity contribution in [2.75, 3.05) is 0 Å². The SMILES string of the molecule is [SiH4].c1ccc2c(c1)ccc1ccccc12. The van der Waals surface area contributed by atoms with Crippen LogP contribution < -0.4 is 0 Å². The highest BCUT2D eigenvalue weighted by molar-refractivity contribution is 6.07. The number of fused-ring (bicyclic) bond motifs is 3. The molecule has 0 amide bonds. The molecule has 0 bridgehead atoms. The standard InChI is InChI=1S/C14H10.H4Si/c1-3-7-13-11(5-1)9-10-12-6-2-4-8-14(12)13;/h1-10H;1H4. The van der Waals surface area contributed by atoms with Crippen LogP contribution in [0.3, 0.4) is 0 Å². The molecule has 0 radical (unpaired) electrons. The van der Waals surface area contributed by atoms with Crippen LogP contribution in [0.15, 0.2) is 60.7 Å². The third kappa shape index (κ3) is 1.55. The summed E-state index contributed by atoms with van der Waals surface area (Å²) in [4.78, 5) is 0. The van der Waals surface area contributed by atoms with E-state index in [0.29, 0.717) is 0 Å². The summed E-state index contributed by atoms with van der Waals surface area (Å²) in [5.41, 5.74) is 0. The molecule has 0 unspecified atom stereocenters. The Bertz CT molecular complexity index is 544. The molecule has 3 rings (SSSR count). The lowest BCUT2D eigenvalue weighted by Gasteiger charge is -2.02. The molecule has 3 aromatic rings. The van der Waals surface area contributed by atoms with Crippen LogP contribution in [0.4, 0.5) is 0 Å². The Hall–Kier alpha value is -1.60. The Morgan fingerprint density at radius 1 is 0.467 bits per heavy atom. The normalized spacial score (nSPS) is 10.1. The minimum atomic E-state index is 0. The summed E-state index contributed by atoms with van der Waals surface area (Å²) < 4.78 is 0. The maximum absolute atomic E-state index is 2.18. The molecule has 74 valence electrons. The second-order valence-electron chi connectivity index (χ2n) is 3.51. The van der Waals surface area contributed by atoms with Crippen LogP contribution in [-0.4, -0.2) is 11.0 Å². The van der Waals surface area contributed by atoms with Gasteiger partial charge in [0, 0.05) is 0 Å². The summed E-state index contributed by atoms with van der Waals surface area (Å²) in [5.74, 6) is 0. The fraction of sp³-hybridized carbons (Fsp3) is 0. The molecule has 0 aromatic heterocycles. The molecule has 0 N–H and O–H groups in total. The van der Waals surface area contributed by atoms with E-state index in [2.05, 4.69) is 60.7 Å². The predicted octanol–water partition coefficient (Wildman–Crippen LogP) is 2.54. The monoisotopic (exact) mass is 210 g/mol. The summed E-state index contributed by atoms with van der Waals surface area (Å²) in [6.07, 6.45) is 0. The lowest BCUT2D eigenvalue weighted by Crippen LogP contribution is -1.75. The van der Waals surface area contributed by atoms with E-state index in [4.69, 9.17) is 0 Å². The first kappa shape index (κ1) is 9.93. The molecule has 0 aliphatic heterocycles. The van der Waals surface area contributed by atoms with Gasteiger partial charge in [0.25, 0.3) is 0 Å². The molecular formula is C14H14Si. The maximum atomic E-state index is 2.18. The Balaban J connectivity index is 0.000000853. The van der Waals surface area contributed by atoms with Crippen molar-refractivity contribution >= 4 is 32.5 Å². The van der Waals surface area contributed by atoms with Crippen LogP contribution in [-0.2, 0) is 0 Å². The molecule has 0 nitrogen and oxygen atoms in total. The minimum Gasteiger partial charge on any atom is -0.0616 e. The Morgan fingerprint density at radius 2 is 0.867 bits per heavy atom. The number of hydrogen-bond donors (Lipinski definition) is 0. The molecule has 0 heterocycles. The minimum absolute atomic E-state index is 0. The van der Waals surface area contributed by atoms with Gasteiger partial charge in [-0.2, -0.15) is 0 Å². The van der Waals surface area contributed by atoms with Crippen molar-refractivity contribution in [1.29, 1.82) is 0 Å². The molecule has 1 heteroatoms. The highest BCUT2D eigenvalue weighted by atomic mass is 28.1. The van der Waals surface area contributed by atoms with Crippen LogP contribution >= 0.6 is 0 Å². The van der Waals surface area contributed by atoms with E-state index in [1.165, 1.54) is 21.5 Å². The summed E-state index contributed by atoms with van der Waals surface area (Å²) in [6, 6.07) is 21.4. The summed E-state index contributed by atoms with van der Waals surface area (Å²) in [6.45, 7) is 0. The molecule has 15 heavy (non-hydrogen) atoms. The largest absolute Gasteiger partial charge is 0.0616 e. The van der Waals surface area contributed by atoms with Crippen LogP contribution in [0.1, 0.15) is 0 Å². The first-order chi connectivity index (χ1) is 6.95. The average Bonchev–Trinajstić information content (AvgIpc) is 2.29. The van der Waals surface area contributed by atoms with Gasteiger partial charge in [0.1, 0.15) is 0 Å². The van der Waals surface area contributed by atoms with E-state index in [1.54, 1.807) is 0 Å². The van der Waals surface area contributed by atoms with Crippen molar-refractivity contribution in [3.63, 3.8) is 0 Å². The summed E-state index contributed by atoms with van der Waals surface area (Å²) in [5, 5.41) is 5.30. The van der Waals surface area contributed by atoms with Crippen molar-refractivity contribution in [3.05, 3.63) is 60.7 Å². The third-order valence-electron chi connectivity index (χ3n) is 2.65. The molecule has 0 aliphatic carbocycles. The zero-order chi connectivity index (χ0) is 9.38. The second-order valence-corrected chi connectivity index (χ2v) is 3.51. The van der Waals surface area contributed by atoms with E-state index < -0.39 is 0 Å². The van der Waals surface area contributed by atoms with Gasteiger partial charge in [-0.05, 0) is 32.5 Å². The van der Waals surface area contributed by atoms with Crippen molar-refractivity contribution in [3.8, 4) is 0 Å². The van der Waals surface area contributed by atoms with Crippen molar-refractivity contribution in [1.82, 2.24) is 0 Å². The van der Waals surface area contributed by atoms with Gasteiger partial charge in [-0.3, -0.25) is 0 Å². The van der Waals surface area contributed by atoms with Gasteiger partial charge in [0.05, 0.1) is 0 Å². The first-order valence-electron chi connectivity index (χ1n) is 4.82. The quantitative estimate of drug-likeness (QED) is 0.395. The fourth-order valence-corrected chi connectivity index (χ4v) is 1.95. The lowest BCUT2D eigenvalue weighted by atomic mass is 10.0. The zero-order valence-corrected chi connectivity index (χ0v) is 7.77. The zero-order valence-electron chi connectivity index (χ0n) is 7.77. The van der Waals surface area contributed by atoms with E-state index >= 15 is 0 Å². The van der Waals surface area contributed by atoms with Gasteiger partial charge in [-0.1, -0.05) is 60.7 Å². The molecule has 0 fully saturated rings. The smallest absolute Gasteiger partial charge is 0.0105 e. The Kier molecular flexibility index (Phi) is 2.56. The molecule has 0 spiro atoms. The first-order valence-corrected chi connectivity index (χ1v) is 4.82. The summed E-state index contributed by atoms with van der Waals surface area (Å²) in [7, 11) is 0. The highest BCUT2D eigenvalue weighted by Crippen LogP contribution is 2.24. The Labute approximate surface area is 93.6 Å². The molecule has 0 atom stereocenters. The van der Waals surface area contributed by atoms with Gasteiger partial charge in [-0.15, -0.1) is 0 Å². The van der Waals surface area contributed by atoms with E-state index in [0.717, 1.165) is 0 Å². The van der Waals surface area contributed by atoms with E-state index in [9.17, 15) is 0 Å². The molecular weight excluding hydrogens is 196 g/mol. The van der Waals surface area contributed by atoms with Crippen LogP contribution in [0.5, 0.6) is 0 Å².